The number of benzene rings is 2. The number of carbonyl (C=O) groups excluding carboxylic acids is 1. The van der Waals surface area contributed by atoms with E-state index in [1.807, 2.05) is 38.4 Å². The van der Waals surface area contributed by atoms with Crippen LogP contribution >= 0.6 is 0 Å². The van der Waals surface area contributed by atoms with Crippen molar-refractivity contribution in [2.45, 2.75) is 114 Å². The fourth-order valence-corrected chi connectivity index (χ4v) is 8.69. The minimum Gasteiger partial charge on any atom is -0.504 e. The largest absolute Gasteiger partial charge is 0.504 e. The van der Waals surface area contributed by atoms with E-state index in [0.29, 0.717) is 42.5 Å². The molecular formula is C46H74N4O11. The van der Waals surface area contributed by atoms with Crippen LogP contribution in [0.5, 0.6) is 23.0 Å². The number of esters is 1. The van der Waals surface area contributed by atoms with Crippen LogP contribution in [0.25, 0.3) is 0 Å². The monoisotopic (exact) mass is 859 g/mol. The first-order valence-corrected chi connectivity index (χ1v) is 22.1. The fraction of sp³-hybridized carbons (Fsp3) is 0.696. The van der Waals surface area contributed by atoms with Gasteiger partial charge < -0.3 is 44.1 Å². The topological polar surface area (TPSA) is 174 Å². The fourth-order valence-electron chi connectivity index (χ4n) is 8.69. The van der Waals surface area contributed by atoms with E-state index in [-0.39, 0.29) is 49.2 Å². The average molecular weight is 859 g/mol. The number of phenols is 1. The van der Waals surface area contributed by atoms with E-state index in [1.54, 1.807) is 50.2 Å². The molecule has 344 valence electrons. The number of aliphatic carboxylic acids is 1. The highest BCUT2D eigenvalue weighted by Gasteiger charge is 2.36. The number of likely N-dealkylation sites (N-methyl/N-ethyl adjacent to an activating group) is 2. The van der Waals surface area contributed by atoms with Gasteiger partial charge in [-0.05, 0) is 115 Å². The third-order valence-electron chi connectivity index (χ3n) is 11.7. The minimum absolute atomic E-state index is 0.111. The third-order valence-corrected chi connectivity index (χ3v) is 11.7. The molecule has 6 atom stereocenters. The lowest BCUT2D eigenvalue weighted by Crippen LogP contribution is -2.46. The summed E-state index contributed by atoms with van der Waals surface area (Å²) in [5.41, 5.74) is 2.19. The average Bonchev–Trinajstić information content (AvgIpc) is 3.86. The molecule has 0 radical (unpaired) electrons. The number of ether oxygens (including phenoxy) is 5. The molecule has 4 fully saturated rings. The number of aliphatic hydroxyl groups excluding tert-OH is 2. The summed E-state index contributed by atoms with van der Waals surface area (Å²) in [6, 6.07) is 12.0. The molecule has 2 aliphatic carbocycles. The quantitative estimate of drug-likeness (QED) is 0.132. The molecule has 2 saturated heterocycles. The number of rotatable bonds is 17. The number of β-amino-alcohol motifs (C(OH)–C–C–N with tert-alkyl or cyclic N) is 2. The van der Waals surface area contributed by atoms with Crippen LogP contribution in [0.3, 0.4) is 0 Å². The molecule has 4 aliphatic rings. The molecule has 2 saturated carbocycles. The summed E-state index contributed by atoms with van der Waals surface area (Å²) < 4.78 is 28.5. The van der Waals surface area contributed by atoms with E-state index in [1.165, 1.54) is 32.1 Å². The Morgan fingerprint density at radius 1 is 0.656 bits per heavy atom. The molecule has 0 bridgehead atoms. The first kappa shape index (κ1) is 50.1. The number of hydrogen-bond donors (Lipinski definition) is 4. The lowest BCUT2D eigenvalue weighted by Gasteiger charge is -2.37. The van der Waals surface area contributed by atoms with Crippen molar-refractivity contribution in [2.75, 3.05) is 94.9 Å². The van der Waals surface area contributed by atoms with Gasteiger partial charge in [0.2, 0.25) is 0 Å². The van der Waals surface area contributed by atoms with Gasteiger partial charge in [-0.2, -0.15) is 0 Å². The number of carboxylic acid groups (broad SMARTS) is 1. The van der Waals surface area contributed by atoms with Crippen LogP contribution in [0.4, 0.5) is 0 Å². The second-order valence-corrected chi connectivity index (χ2v) is 17.2. The Hall–Kier alpha value is -3.54. The molecule has 2 aromatic carbocycles. The van der Waals surface area contributed by atoms with Gasteiger partial charge in [-0.3, -0.25) is 29.2 Å². The number of nitrogens with zero attached hydrogens (tertiary/aromatic N) is 4. The third kappa shape index (κ3) is 17.3. The van der Waals surface area contributed by atoms with Crippen molar-refractivity contribution in [3.8, 4) is 23.0 Å². The summed E-state index contributed by atoms with van der Waals surface area (Å²) >= 11 is 0. The number of phenolic OH excluding ortho intramolecular Hbond substituents is 1. The molecule has 0 spiro atoms. The normalized spacial score (nSPS) is 24.4. The van der Waals surface area contributed by atoms with Gasteiger partial charge in [-0.1, -0.05) is 37.8 Å². The minimum atomic E-state index is -0.787. The van der Waals surface area contributed by atoms with Crippen molar-refractivity contribution in [1.29, 1.82) is 0 Å². The maximum absolute atomic E-state index is 11.9. The number of hydrogen-bond acceptors (Lipinski definition) is 14. The molecule has 15 heteroatoms. The van der Waals surface area contributed by atoms with Gasteiger partial charge in [0.1, 0.15) is 0 Å². The van der Waals surface area contributed by atoms with Crippen molar-refractivity contribution >= 4 is 11.9 Å². The van der Waals surface area contributed by atoms with E-state index in [9.17, 15) is 24.9 Å². The molecular weight excluding hydrogens is 785 g/mol. The lowest BCUT2D eigenvalue weighted by molar-refractivity contribution is -0.138. The Kier molecular flexibility index (Phi) is 21.5. The summed E-state index contributed by atoms with van der Waals surface area (Å²) in [5, 5.41) is 37.4. The van der Waals surface area contributed by atoms with Crippen molar-refractivity contribution in [2.24, 2.45) is 0 Å². The van der Waals surface area contributed by atoms with Crippen molar-refractivity contribution in [1.82, 2.24) is 19.6 Å². The van der Waals surface area contributed by atoms with Crippen LogP contribution in [0.15, 0.2) is 36.4 Å². The van der Waals surface area contributed by atoms with E-state index < -0.39 is 5.97 Å². The molecule has 4 N–H and O–H groups in total. The number of carbonyl (C=O) groups is 2. The molecule has 0 aromatic heterocycles. The van der Waals surface area contributed by atoms with Gasteiger partial charge in [-0.25, -0.2) is 0 Å². The van der Waals surface area contributed by atoms with Crippen LogP contribution in [-0.2, 0) is 31.9 Å². The molecule has 2 aromatic rings. The van der Waals surface area contributed by atoms with Crippen LogP contribution in [-0.4, -0.2) is 183 Å². The number of aliphatic hydroxyl groups is 2. The second kappa shape index (κ2) is 26.2. The summed E-state index contributed by atoms with van der Waals surface area (Å²) in [6.45, 7) is 5.16. The Morgan fingerprint density at radius 3 is 1.56 bits per heavy atom. The first-order valence-electron chi connectivity index (χ1n) is 22.1. The van der Waals surface area contributed by atoms with Crippen molar-refractivity contribution in [3.05, 3.63) is 47.5 Å². The van der Waals surface area contributed by atoms with Gasteiger partial charge in [0.25, 0.3) is 0 Å². The standard InChI is InChI=1S/C23H36N2O5.C19H29NO4.C4H9NO2/c1-24(2)16-23(27)30-21-9-8-17(14-22(21)28-3)11-13-29-20-7-5-4-6-19(20)25-12-10-18(26)15-25;1-23-19-12-14(6-7-17(19)22)9-11-24-18-5-3-2-4-16(18)20-10-8-15(21)13-20;1-5(2)3-4(6)7/h8-9,14,18-20,26H,4-7,10-13,15-16H2,1-3H3;6-7,12,15-16,18,21-22H,2-5,8-11,13H2,1H3;3H2,1-2H3,(H,6,7)/t18-,19-,20-;15-,16-,18-;/m11./s1. The van der Waals surface area contributed by atoms with Gasteiger partial charge >= 0.3 is 11.9 Å². The maximum Gasteiger partial charge on any atom is 0.325 e. The Bertz CT molecular complexity index is 1610. The molecule has 15 nitrogen and oxygen atoms in total. The zero-order valence-electron chi connectivity index (χ0n) is 37.5. The van der Waals surface area contributed by atoms with Crippen molar-refractivity contribution < 1.29 is 53.7 Å². The van der Waals surface area contributed by atoms with E-state index >= 15 is 0 Å². The molecule has 0 unspecified atom stereocenters. The lowest BCUT2D eigenvalue weighted by atomic mass is 9.91. The number of aromatic hydroxyl groups is 1. The van der Waals surface area contributed by atoms with Gasteiger partial charge in [0, 0.05) is 38.3 Å². The Balaban J connectivity index is 0.000000236. The van der Waals surface area contributed by atoms with Crippen molar-refractivity contribution in [3.63, 3.8) is 0 Å². The zero-order chi connectivity index (χ0) is 44.3. The molecule has 2 aliphatic heterocycles. The second-order valence-electron chi connectivity index (χ2n) is 17.2. The smallest absolute Gasteiger partial charge is 0.325 e. The predicted octanol–water partition coefficient (Wildman–Crippen LogP) is 4.07. The Labute approximate surface area is 363 Å². The number of methoxy groups -OCH3 is 2. The van der Waals surface area contributed by atoms with Crippen LogP contribution < -0.4 is 14.2 Å². The highest BCUT2D eigenvalue weighted by atomic mass is 16.6. The molecule has 0 amide bonds. The van der Waals surface area contributed by atoms with Crippen LogP contribution in [0.2, 0.25) is 0 Å². The highest BCUT2D eigenvalue weighted by molar-refractivity contribution is 5.75. The summed E-state index contributed by atoms with van der Waals surface area (Å²) in [4.78, 5) is 29.9. The van der Waals surface area contributed by atoms with Gasteiger partial charge in [-0.15, -0.1) is 0 Å². The van der Waals surface area contributed by atoms with Gasteiger partial charge in [0.15, 0.2) is 23.0 Å². The summed E-state index contributed by atoms with van der Waals surface area (Å²) in [6.07, 6.45) is 12.9. The number of carboxylic acids is 1. The first-order chi connectivity index (χ1) is 29.3. The predicted molar refractivity (Wildman–Crippen MR) is 234 cm³/mol. The molecule has 6 rings (SSSR count). The molecule has 61 heavy (non-hydrogen) atoms. The van der Waals surface area contributed by atoms with E-state index in [2.05, 4.69) is 9.80 Å². The van der Waals surface area contributed by atoms with Gasteiger partial charge in [0.05, 0.1) is 64.9 Å². The summed E-state index contributed by atoms with van der Waals surface area (Å²) in [5.74, 6) is 0.570. The Morgan fingerprint density at radius 2 is 1.13 bits per heavy atom. The maximum atomic E-state index is 11.9. The van der Waals surface area contributed by atoms with E-state index in [4.69, 9.17) is 28.8 Å². The zero-order valence-corrected chi connectivity index (χ0v) is 37.5. The molecule has 2 heterocycles. The van der Waals surface area contributed by atoms with Crippen LogP contribution in [0.1, 0.15) is 75.3 Å². The van der Waals surface area contributed by atoms with E-state index in [0.717, 1.165) is 82.3 Å². The number of likely N-dealkylation sites (tertiary alicyclic amines) is 2. The van der Waals surface area contributed by atoms with Crippen LogP contribution in [0, 0.1) is 0 Å². The highest BCUT2D eigenvalue weighted by Crippen LogP contribution is 2.32. The SMILES string of the molecule is CN(C)CC(=O)O.COc1cc(CCO[C@@H]2CCCC[C@H]2N2CC[C@@H](O)C2)ccc1O.COc1cc(CCO[C@@H]2CCCC[C@H]2N2CC[C@@H](O)C2)ccc1OC(=O)CN(C)C. The summed E-state index contributed by atoms with van der Waals surface area (Å²) in [7, 11) is 10.2.